The van der Waals surface area contributed by atoms with E-state index in [1.807, 2.05) is 36.4 Å². The highest BCUT2D eigenvalue weighted by molar-refractivity contribution is 7.09. The number of hydrogen-bond acceptors (Lipinski definition) is 3. The Bertz CT molecular complexity index is 1190. The Kier molecular flexibility index (Phi) is 13.9. The molecule has 1 N–H and O–H groups in total. The highest BCUT2D eigenvalue weighted by atomic mass is 32.1. The van der Waals surface area contributed by atoms with Crippen molar-refractivity contribution >= 4 is 22.9 Å². The number of benzene rings is 2. The van der Waals surface area contributed by atoms with Crippen LogP contribution in [0.3, 0.4) is 0 Å². The lowest BCUT2D eigenvalue weighted by Crippen LogP contribution is -2.32. The summed E-state index contributed by atoms with van der Waals surface area (Å²) in [4.78, 5) is 14.6. The first kappa shape index (κ1) is 32.8. The molecule has 2 aromatic carbocycles. The van der Waals surface area contributed by atoms with Crippen LogP contribution in [-0.4, -0.2) is 12.5 Å². The number of hydrogen-bond donors (Lipinski definition) is 1. The number of carbonyl (C=O) groups excluding carboxylic acids is 1. The molecular formula is C36H53N2O2S+. The third kappa shape index (κ3) is 11.6. The zero-order valence-electron chi connectivity index (χ0n) is 26.3. The predicted octanol–water partition coefficient (Wildman–Crippen LogP) is 10.0. The van der Waals surface area contributed by atoms with Crippen molar-refractivity contribution in [3.05, 3.63) is 75.7 Å². The molecule has 0 saturated carbocycles. The van der Waals surface area contributed by atoms with E-state index in [0.29, 0.717) is 12.1 Å². The van der Waals surface area contributed by atoms with Gasteiger partial charge >= 0.3 is 0 Å². The van der Waals surface area contributed by atoms with Crippen LogP contribution in [0.4, 0.5) is 5.69 Å². The first-order valence-electron chi connectivity index (χ1n) is 15.9. The molecule has 3 rings (SSSR count). The van der Waals surface area contributed by atoms with Gasteiger partial charge in [0.25, 0.3) is 5.91 Å². The van der Waals surface area contributed by atoms with Crippen LogP contribution in [-0.2, 0) is 12.0 Å². The van der Waals surface area contributed by atoms with Crippen LogP contribution < -0.4 is 14.6 Å². The molecule has 0 spiro atoms. The van der Waals surface area contributed by atoms with Gasteiger partial charge in [0, 0.05) is 22.4 Å². The molecule has 0 unspecified atom stereocenters. The number of nitrogens with one attached hydrogen (secondary N) is 1. The number of anilines is 1. The van der Waals surface area contributed by atoms with Crippen molar-refractivity contribution in [2.75, 3.05) is 11.9 Å². The number of amides is 1. The van der Waals surface area contributed by atoms with Gasteiger partial charge in [-0.25, -0.2) is 0 Å². The standard InChI is InChI=1S/C36H52N2O2S/c1-6-7-8-9-10-11-12-13-14-15-16-19-24-40-34-23-22-31(25-33(34)36(3,4)5)37-35(39)32-21-18-17-20-30(32)27-38-26-29(2)41-28-38/h17-18,20-23,25-26,28H,6-16,19,24,27H2,1-5H3/p+1. The highest BCUT2D eigenvalue weighted by Gasteiger charge is 2.21. The zero-order valence-corrected chi connectivity index (χ0v) is 27.1. The van der Waals surface area contributed by atoms with E-state index in [0.717, 1.165) is 35.6 Å². The number of carbonyl (C=O) groups is 1. The van der Waals surface area contributed by atoms with E-state index in [-0.39, 0.29) is 11.3 Å². The van der Waals surface area contributed by atoms with E-state index in [1.54, 1.807) is 11.3 Å². The molecule has 224 valence electrons. The summed E-state index contributed by atoms with van der Waals surface area (Å²) < 4.78 is 8.40. The SMILES string of the molecule is CCCCCCCCCCCCCCOc1ccc(NC(=O)c2ccccc2C[n+]2csc(C)c2)cc1C(C)(C)C. The minimum Gasteiger partial charge on any atom is -0.493 e. The summed E-state index contributed by atoms with van der Waals surface area (Å²) in [7, 11) is 0. The Morgan fingerprint density at radius 1 is 0.878 bits per heavy atom. The minimum atomic E-state index is -0.0992. The summed E-state index contributed by atoms with van der Waals surface area (Å²) in [5.41, 5.74) is 5.62. The van der Waals surface area contributed by atoms with Crippen LogP contribution in [0, 0.1) is 6.92 Å². The number of aryl methyl sites for hydroxylation is 1. The summed E-state index contributed by atoms with van der Waals surface area (Å²) in [6.07, 6.45) is 18.2. The van der Waals surface area contributed by atoms with Gasteiger partial charge < -0.3 is 10.1 Å². The average molecular weight is 578 g/mol. The number of rotatable bonds is 18. The van der Waals surface area contributed by atoms with Crippen LogP contribution in [0.25, 0.3) is 0 Å². The van der Waals surface area contributed by atoms with Crippen LogP contribution in [0.1, 0.15) is 131 Å². The number of unbranched alkanes of at least 4 members (excludes halogenated alkanes) is 11. The van der Waals surface area contributed by atoms with Crippen molar-refractivity contribution in [1.82, 2.24) is 0 Å². The molecule has 0 bridgehead atoms. The molecule has 3 aromatic rings. The van der Waals surface area contributed by atoms with E-state index >= 15 is 0 Å². The van der Waals surface area contributed by atoms with Crippen molar-refractivity contribution in [3.63, 3.8) is 0 Å². The van der Waals surface area contributed by atoms with Crippen LogP contribution in [0.5, 0.6) is 5.75 Å². The van der Waals surface area contributed by atoms with E-state index < -0.39 is 0 Å². The maximum atomic E-state index is 13.3. The van der Waals surface area contributed by atoms with Gasteiger partial charge in [0.15, 0.2) is 12.7 Å². The van der Waals surface area contributed by atoms with Crippen LogP contribution in [0.15, 0.2) is 54.2 Å². The molecular weight excluding hydrogens is 524 g/mol. The van der Waals surface area contributed by atoms with Gasteiger partial charge in [-0.1, -0.05) is 128 Å². The van der Waals surface area contributed by atoms with Crippen molar-refractivity contribution in [2.45, 2.75) is 124 Å². The van der Waals surface area contributed by atoms with E-state index in [1.165, 1.54) is 75.5 Å². The molecule has 0 aliphatic carbocycles. The van der Waals surface area contributed by atoms with Gasteiger partial charge in [0.1, 0.15) is 5.75 Å². The fourth-order valence-electron chi connectivity index (χ4n) is 5.25. The average Bonchev–Trinajstić information content (AvgIpc) is 3.35. The van der Waals surface area contributed by atoms with Crippen molar-refractivity contribution in [1.29, 1.82) is 0 Å². The Hall–Kier alpha value is -2.66. The Morgan fingerprint density at radius 2 is 1.51 bits per heavy atom. The highest BCUT2D eigenvalue weighted by Crippen LogP contribution is 2.34. The van der Waals surface area contributed by atoms with Gasteiger partial charge in [0.2, 0.25) is 5.51 Å². The monoisotopic (exact) mass is 577 g/mol. The van der Waals surface area contributed by atoms with E-state index in [4.69, 9.17) is 4.74 Å². The smallest absolute Gasteiger partial charge is 0.256 e. The maximum Gasteiger partial charge on any atom is 0.256 e. The lowest BCUT2D eigenvalue weighted by molar-refractivity contribution is -0.683. The third-order valence-corrected chi connectivity index (χ3v) is 8.49. The van der Waals surface area contributed by atoms with Crippen molar-refractivity contribution in [2.24, 2.45) is 0 Å². The topological polar surface area (TPSA) is 42.2 Å². The molecule has 4 nitrogen and oxygen atoms in total. The van der Waals surface area contributed by atoms with Gasteiger partial charge in [-0.3, -0.25) is 4.79 Å². The molecule has 0 atom stereocenters. The number of nitrogens with zero attached hydrogens (tertiary/aromatic N) is 1. The maximum absolute atomic E-state index is 13.3. The van der Waals surface area contributed by atoms with Gasteiger partial charge in [-0.2, -0.15) is 4.57 Å². The number of ether oxygens (including phenoxy) is 1. The Balaban J connectivity index is 1.47. The van der Waals surface area contributed by atoms with Crippen LogP contribution >= 0.6 is 11.3 Å². The summed E-state index contributed by atoms with van der Waals surface area (Å²) in [5.74, 6) is 0.835. The summed E-state index contributed by atoms with van der Waals surface area (Å²) in [5, 5.41) is 3.15. The lowest BCUT2D eigenvalue weighted by Gasteiger charge is -2.24. The van der Waals surface area contributed by atoms with E-state index in [9.17, 15) is 4.79 Å². The summed E-state index contributed by atoms with van der Waals surface area (Å²) in [6, 6.07) is 13.9. The van der Waals surface area contributed by atoms with Gasteiger partial charge in [-0.05, 0) is 43.0 Å². The first-order valence-corrected chi connectivity index (χ1v) is 16.8. The zero-order chi connectivity index (χ0) is 29.5. The van der Waals surface area contributed by atoms with Crippen molar-refractivity contribution in [3.8, 4) is 5.75 Å². The van der Waals surface area contributed by atoms with Crippen LogP contribution in [0.2, 0.25) is 0 Å². The lowest BCUT2D eigenvalue weighted by atomic mass is 9.86. The summed E-state index contributed by atoms with van der Waals surface area (Å²) in [6.45, 7) is 12.4. The molecule has 0 fully saturated rings. The summed E-state index contributed by atoms with van der Waals surface area (Å²) >= 11 is 1.71. The third-order valence-electron chi connectivity index (χ3n) is 7.64. The number of thiazole rings is 1. The molecule has 1 heterocycles. The quantitative estimate of drug-likeness (QED) is 0.121. The molecule has 0 aliphatic heterocycles. The second-order valence-corrected chi connectivity index (χ2v) is 13.5. The van der Waals surface area contributed by atoms with Crippen molar-refractivity contribution < 1.29 is 14.1 Å². The molecule has 1 amide bonds. The largest absolute Gasteiger partial charge is 0.493 e. The number of aromatic nitrogens is 1. The molecule has 5 heteroatoms. The molecule has 0 radical (unpaired) electrons. The first-order chi connectivity index (χ1) is 19.8. The second-order valence-electron chi connectivity index (χ2n) is 12.4. The second kappa shape index (κ2) is 17.3. The molecule has 0 aliphatic rings. The normalized spacial score (nSPS) is 11.5. The molecule has 0 saturated heterocycles. The Labute approximate surface area is 253 Å². The molecule has 41 heavy (non-hydrogen) atoms. The van der Waals surface area contributed by atoms with Gasteiger partial charge in [-0.15, -0.1) is 0 Å². The van der Waals surface area contributed by atoms with Gasteiger partial charge in [0.05, 0.1) is 11.5 Å². The fourth-order valence-corrected chi connectivity index (χ4v) is 5.88. The fraction of sp³-hybridized carbons (Fsp3) is 0.556. The molecule has 1 aromatic heterocycles. The Morgan fingerprint density at radius 3 is 2.12 bits per heavy atom. The minimum absolute atomic E-state index is 0.0850. The predicted molar refractivity (Wildman–Crippen MR) is 174 cm³/mol. The van der Waals surface area contributed by atoms with E-state index in [2.05, 4.69) is 62.3 Å².